The fraction of sp³-hybridized carbons (Fsp3) is 0.304. The van der Waals surface area contributed by atoms with E-state index in [0.717, 1.165) is 42.1 Å². The molecule has 0 atom stereocenters. The molecule has 1 aliphatic rings. The number of pyridine rings is 1. The Balaban J connectivity index is 1.37. The molecule has 1 saturated carbocycles. The second-order valence-electron chi connectivity index (χ2n) is 7.76. The van der Waals surface area contributed by atoms with Crippen molar-refractivity contribution in [3.8, 4) is 0 Å². The summed E-state index contributed by atoms with van der Waals surface area (Å²) in [4.78, 5) is 16.7. The molecule has 6 heteroatoms. The van der Waals surface area contributed by atoms with Gasteiger partial charge < -0.3 is 11.1 Å². The number of nitrogen functional groups attached to an aromatic ring is 1. The van der Waals surface area contributed by atoms with E-state index in [9.17, 15) is 13.6 Å². The van der Waals surface area contributed by atoms with Crippen LogP contribution < -0.4 is 11.1 Å². The number of nitrogens with one attached hydrogen (secondary N) is 1. The van der Waals surface area contributed by atoms with Gasteiger partial charge in [0.25, 0.3) is 0 Å². The molecule has 1 amide bonds. The molecule has 0 unspecified atom stereocenters. The lowest BCUT2D eigenvalue weighted by Gasteiger charge is -2.29. The Bertz CT molecular complexity index is 1050. The van der Waals surface area contributed by atoms with E-state index in [2.05, 4.69) is 10.3 Å². The normalized spacial score (nSPS) is 19.2. The zero-order chi connectivity index (χ0) is 20.4. The van der Waals surface area contributed by atoms with Gasteiger partial charge >= 0.3 is 0 Å². The number of nitrogens with two attached hydrogens (primary N) is 1. The monoisotopic (exact) mass is 395 g/mol. The van der Waals surface area contributed by atoms with E-state index >= 15 is 0 Å². The Morgan fingerprint density at radius 3 is 2.52 bits per heavy atom. The Labute approximate surface area is 168 Å². The number of carbonyl (C=O) groups is 1. The minimum atomic E-state index is -0.428. The van der Waals surface area contributed by atoms with Crippen molar-refractivity contribution >= 4 is 28.2 Å². The molecule has 29 heavy (non-hydrogen) atoms. The van der Waals surface area contributed by atoms with Crippen LogP contribution in [0.5, 0.6) is 0 Å². The smallest absolute Gasteiger partial charge is 0.224 e. The summed E-state index contributed by atoms with van der Waals surface area (Å²) in [6.07, 6.45) is 5.95. The van der Waals surface area contributed by atoms with Crippen LogP contribution in [0.4, 0.5) is 20.2 Å². The molecular weight excluding hydrogens is 372 g/mol. The number of benzene rings is 2. The second kappa shape index (κ2) is 8.15. The third kappa shape index (κ3) is 4.36. The van der Waals surface area contributed by atoms with E-state index in [-0.39, 0.29) is 23.3 Å². The topological polar surface area (TPSA) is 68.0 Å². The maximum atomic E-state index is 13.7. The highest BCUT2D eigenvalue weighted by Gasteiger charge is 2.25. The van der Waals surface area contributed by atoms with Crippen molar-refractivity contribution in [3.05, 3.63) is 65.9 Å². The van der Waals surface area contributed by atoms with Crippen molar-refractivity contribution in [2.75, 3.05) is 11.1 Å². The summed E-state index contributed by atoms with van der Waals surface area (Å²) in [5.74, 6) is -0.158. The number of amides is 1. The van der Waals surface area contributed by atoms with E-state index in [1.165, 1.54) is 24.3 Å². The van der Waals surface area contributed by atoms with Gasteiger partial charge in [0.15, 0.2) is 0 Å². The average molecular weight is 395 g/mol. The van der Waals surface area contributed by atoms with E-state index in [0.29, 0.717) is 18.0 Å². The minimum absolute atomic E-state index is 0.108. The van der Waals surface area contributed by atoms with Crippen LogP contribution in [0.1, 0.15) is 43.6 Å². The van der Waals surface area contributed by atoms with Crippen molar-refractivity contribution < 1.29 is 13.6 Å². The fourth-order valence-electron chi connectivity index (χ4n) is 4.28. The molecule has 4 nitrogen and oxygen atoms in total. The average Bonchev–Trinajstić information content (AvgIpc) is 2.70. The SMILES string of the molecule is Nc1cc(F)ccc1NC(=O)CC1CCC(c2ccnc3ccc(F)cc23)CC1. The predicted molar refractivity (Wildman–Crippen MR) is 110 cm³/mol. The number of hydrogen-bond acceptors (Lipinski definition) is 3. The highest BCUT2D eigenvalue weighted by atomic mass is 19.1. The van der Waals surface area contributed by atoms with Gasteiger partial charge in [0.2, 0.25) is 5.91 Å². The van der Waals surface area contributed by atoms with E-state index < -0.39 is 5.82 Å². The molecule has 3 N–H and O–H groups in total. The van der Waals surface area contributed by atoms with Crippen molar-refractivity contribution in [3.63, 3.8) is 0 Å². The molecule has 1 heterocycles. The number of carbonyl (C=O) groups excluding carboxylic acids is 1. The van der Waals surface area contributed by atoms with Crippen molar-refractivity contribution in [1.82, 2.24) is 4.98 Å². The van der Waals surface area contributed by atoms with Crippen LogP contribution in [0, 0.1) is 17.6 Å². The Kier molecular flexibility index (Phi) is 5.43. The van der Waals surface area contributed by atoms with Gasteiger partial charge in [-0.1, -0.05) is 0 Å². The standard InChI is InChI=1S/C23H23F2N3O/c24-16-5-7-21-19(12-16)18(9-10-27-21)15-3-1-14(2-4-15)11-23(29)28-22-8-6-17(25)13-20(22)26/h5-10,12-15H,1-4,11,26H2,(H,28,29). The summed E-state index contributed by atoms with van der Waals surface area (Å²) >= 11 is 0. The molecule has 1 fully saturated rings. The maximum absolute atomic E-state index is 13.7. The van der Waals surface area contributed by atoms with Gasteiger partial charge in [-0.15, -0.1) is 0 Å². The third-order valence-electron chi connectivity index (χ3n) is 5.79. The highest BCUT2D eigenvalue weighted by Crippen LogP contribution is 2.39. The number of fused-ring (bicyclic) bond motifs is 1. The Morgan fingerprint density at radius 1 is 1.03 bits per heavy atom. The third-order valence-corrected chi connectivity index (χ3v) is 5.79. The van der Waals surface area contributed by atoms with Crippen LogP contribution in [0.25, 0.3) is 10.9 Å². The Hall–Kier alpha value is -3.02. The second-order valence-corrected chi connectivity index (χ2v) is 7.76. The molecule has 0 bridgehead atoms. The van der Waals surface area contributed by atoms with E-state index in [4.69, 9.17) is 5.73 Å². The van der Waals surface area contributed by atoms with Gasteiger partial charge in [-0.3, -0.25) is 9.78 Å². The molecule has 1 aromatic heterocycles. The first kappa shape index (κ1) is 19.3. The van der Waals surface area contributed by atoms with Crippen LogP contribution in [0.3, 0.4) is 0 Å². The van der Waals surface area contributed by atoms with Crippen LogP contribution in [0.2, 0.25) is 0 Å². The summed E-state index contributed by atoms with van der Waals surface area (Å²) in [6, 6.07) is 10.6. The van der Waals surface area contributed by atoms with Crippen molar-refractivity contribution in [1.29, 1.82) is 0 Å². The zero-order valence-corrected chi connectivity index (χ0v) is 16.0. The predicted octanol–water partition coefficient (Wildman–Crippen LogP) is 5.40. The molecule has 4 rings (SSSR count). The van der Waals surface area contributed by atoms with Crippen LogP contribution in [-0.2, 0) is 4.79 Å². The van der Waals surface area contributed by atoms with Gasteiger partial charge in [0, 0.05) is 18.0 Å². The molecular formula is C23H23F2N3O. The molecule has 1 aliphatic carbocycles. The molecule has 0 spiro atoms. The molecule has 3 aromatic rings. The molecule has 150 valence electrons. The summed E-state index contributed by atoms with van der Waals surface area (Å²) < 4.78 is 26.9. The van der Waals surface area contributed by atoms with E-state index in [1.807, 2.05) is 6.07 Å². The summed E-state index contributed by atoms with van der Waals surface area (Å²) in [5, 5.41) is 3.65. The van der Waals surface area contributed by atoms with Gasteiger partial charge in [-0.2, -0.15) is 0 Å². The van der Waals surface area contributed by atoms with E-state index in [1.54, 1.807) is 18.3 Å². The minimum Gasteiger partial charge on any atom is -0.397 e. The first-order chi connectivity index (χ1) is 14.0. The largest absolute Gasteiger partial charge is 0.397 e. The number of nitrogens with zero attached hydrogens (tertiary/aromatic N) is 1. The lowest BCUT2D eigenvalue weighted by atomic mass is 9.77. The van der Waals surface area contributed by atoms with Gasteiger partial charge in [0.05, 0.1) is 16.9 Å². The van der Waals surface area contributed by atoms with Gasteiger partial charge in [-0.25, -0.2) is 8.78 Å². The molecule has 0 saturated heterocycles. The summed E-state index contributed by atoms with van der Waals surface area (Å²) in [6.45, 7) is 0. The number of halogens is 2. The zero-order valence-electron chi connectivity index (χ0n) is 16.0. The quantitative estimate of drug-likeness (QED) is 0.582. The first-order valence-electron chi connectivity index (χ1n) is 9.88. The number of aromatic nitrogens is 1. The van der Waals surface area contributed by atoms with Crippen molar-refractivity contribution in [2.24, 2.45) is 5.92 Å². The molecule has 0 aliphatic heterocycles. The number of anilines is 2. The van der Waals surface area contributed by atoms with Gasteiger partial charge in [-0.05, 0) is 85.5 Å². The Morgan fingerprint density at radius 2 is 1.76 bits per heavy atom. The van der Waals surface area contributed by atoms with Gasteiger partial charge in [0.1, 0.15) is 11.6 Å². The fourth-order valence-corrected chi connectivity index (χ4v) is 4.28. The maximum Gasteiger partial charge on any atom is 0.224 e. The number of rotatable bonds is 4. The lowest BCUT2D eigenvalue weighted by molar-refractivity contribution is -0.117. The first-order valence-corrected chi connectivity index (χ1v) is 9.88. The van der Waals surface area contributed by atoms with Crippen molar-refractivity contribution in [2.45, 2.75) is 38.0 Å². The van der Waals surface area contributed by atoms with Crippen LogP contribution in [0.15, 0.2) is 48.7 Å². The highest BCUT2D eigenvalue weighted by molar-refractivity contribution is 5.93. The van der Waals surface area contributed by atoms with Crippen LogP contribution >= 0.6 is 0 Å². The summed E-state index contributed by atoms with van der Waals surface area (Å²) in [5.41, 5.74) is 8.36. The molecule has 2 aromatic carbocycles. The molecule has 0 radical (unpaired) electrons. The lowest BCUT2D eigenvalue weighted by Crippen LogP contribution is -2.21. The summed E-state index contributed by atoms with van der Waals surface area (Å²) in [7, 11) is 0. The van der Waals surface area contributed by atoms with Crippen LogP contribution in [-0.4, -0.2) is 10.9 Å². The number of hydrogen-bond donors (Lipinski definition) is 2.